The standard InChI is InChI=1S/C20H22ClN3O4S/c1-4-20(15-8-6-9-16(21)12-15)18(25)24(19(26)22-20)13-14-7-5-10-17(11-14)29(27,28)23(2)3/h5-12H,4,13H2,1-3H3,(H,22,26)/t20-/m1/s1. The van der Waals surface area contributed by atoms with E-state index in [1.54, 1.807) is 36.4 Å². The van der Waals surface area contributed by atoms with Crippen molar-refractivity contribution in [3.05, 3.63) is 64.7 Å². The van der Waals surface area contributed by atoms with Gasteiger partial charge in [-0.3, -0.25) is 9.69 Å². The first kappa shape index (κ1) is 21.3. The predicted molar refractivity (Wildman–Crippen MR) is 110 cm³/mol. The quantitative estimate of drug-likeness (QED) is 0.707. The number of rotatable bonds is 6. The number of urea groups is 1. The van der Waals surface area contributed by atoms with Crippen LogP contribution in [0.1, 0.15) is 24.5 Å². The molecule has 2 aromatic rings. The van der Waals surface area contributed by atoms with Gasteiger partial charge in [0.15, 0.2) is 0 Å². The maximum Gasteiger partial charge on any atom is 0.325 e. The van der Waals surface area contributed by atoms with Crippen LogP contribution in [0.5, 0.6) is 0 Å². The van der Waals surface area contributed by atoms with E-state index in [0.29, 0.717) is 22.6 Å². The summed E-state index contributed by atoms with van der Waals surface area (Å²) in [5.41, 5.74) is -0.0540. The first-order valence-electron chi connectivity index (χ1n) is 9.03. The Kier molecular flexibility index (Phi) is 5.71. The molecule has 1 atom stereocenters. The lowest BCUT2D eigenvalue weighted by molar-refractivity contribution is -0.132. The number of carbonyl (C=O) groups is 2. The van der Waals surface area contributed by atoms with Gasteiger partial charge < -0.3 is 5.32 Å². The molecule has 2 aromatic carbocycles. The van der Waals surface area contributed by atoms with E-state index in [0.717, 1.165) is 9.21 Å². The lowest BCUT2D eigenvalue weighted by atomic mass is 9.87. The summed E-state index contributed by atoms with van der Waals surface area (Å²) in [7, 11) is -0.732. The number of hydrogen-bond acceptors (Lipinski definition) is 4. The number of benzene rings is 2. The molecule has 1 fully saturated rings. The van der Waals surface area contributed by atoms with Crippen LogP contribution < -0.4 is 5.32 Å². The summed E-state index contributed by atoms with van der Waals surface area (Å²) in [6.45, 7) is 1.77. The van der Waals surface area contributed by atoms with Gasteiger partial charge in [0, 0.05) is 19.1 Å². The first-order valence-corrected chi connectivity index (χ1v) is 10.9. The molecule has 1 saturated heterocycles. The number of sulfonamides is 1. The molecule has 29 heavy (non-hydrogen) atoms. The van der Waals surface area contributed by atoms with Crippen LogP contribution in [0, 0.1) is 0 Å². The minimum Gasteiger partial charge on any atom is -0.319 e. The van der Waals surface area contributed by atoms with E-state index in [-0.39, 0.29) is 11.4 Å². The van der Waals surface area contributed by atoms with Crippen molar-refractivity contribution in [3.8, 4) is 0 Å². The van der Waals surface area contributed by atoms with Crippen LogP contribution in [0.2, 0.25) is 5.02 Å². The van der Waals surface area contributed by atoms with Crippen molar-refractivity contribution in [1.82, 2.24) is 14.5 Å². The minimum atomic E-state index is -3.62. The smallest absolute Gasteiger partial charge is 0.319 e. The van der Waals surface area contributed by atoms with Crippen LogP contribution in [0.3, 0.4) is 0 Å². The van der Waals surface area contributed by atoms with E-state index in [2.05, 4.69) is 5.32 Å². The number of halogens is 1. The monoisotopic (exact) mass is 435 g/mol. The second-order valence-electron chi connectivity index (χ2n) is 7.03. The summed E-state index contributed by atoms with van der Waals surface area (Å²) in [5.74, 6) is -0.395. The van der Waals surface area contributed by atoms with Gasteiger partial charge in [-0.1, -0.05) is 42.8 Å². The van der Waals surface area contributed by atoms with Crippen LogP contribution in [0.15, 0.2) is 53.4 Å². The van der Waals surface area contributed by atoms with Crippen LogP contribution in [-0.2, 0) is 26.9 Å². The molecule has 0 bridgehead atoms. The molecule has 0 unspecified atom stereocenters. The molecule has 154 valence electrons. The third-order valence-corrected chi connectivity index (χ3v) is 7.09. The van der Waals surface area contributed by atoms with Gasteiger partial charge in [-0.05, 0) is 41.8 Å². The lowest BCUT2D eigenvalue weighted by Crippen LogP contribution is -2.43. The van der Waals surface area contributed by atoms with Crippen molar-refractivity contribution < 1.29 is 18.0 Å². The molecule has 1 heterocycles. The van der Waals surface area contributed by atoms with E-state index >= 15 is 0 Å². The molecule has 0 aliphatic carbocycles. The van der Waals surface area contributed by atoms with E-state index in [1.807, 2.05) is 6.92 Å². The van der Waals surface area contributed by atoms with Crippen molar-refractivity contribution in [2.45, 2.75) is 30.3 Å². The molecule has 0 radical (unpaired) electrons. The van der Waals surface area contributed by atoms with Gasteiger partial charge in [-0.2, -0.15) is 0 Å². The average molecular weight is 436 g/mol. The zero-order valence-corrected chi connectivity index (χ0v) is 17.9. The van der Waals surface area contributed by atoms with Gasteiger partial charge in [0.25, 0.3) is 5.91 Å². The highest BCUT2D eigenvalue weighted by molar-refractivity contribution is 7.89. The van der Waals surface area contributed by atoms with Gasteiger partial charge in [-0.15, -0.1) is 0 Å². The Morgan fingerprint density at radius 2 is 1.79 bits per heavy atom. The highest BCUT2D eigenvalue weighted by Gasteiger charge is 2.51. The molecule has 7 nitrogen and oxygen atoms in total. The molecule has 3 rings (SSSR count). The van der Waals surface area contributed by atoms with Gasteiger partial charge in [0.1, 0.15) is 5.54 Å². The van der Waals surface area contributed by atoms with Crippen molar-refractivity contribution in [3.63, 3.8) is 0 Å². The van der Waals surface area contributed by atoms with E-state index in [9.17, 15) is 18.0 Å². The molecule has 1 aliphatic heterocycles. The van der Waals surface area contributed by atoms with E-state index in [4.69, 9.17) is 11.6 Å². The maximum atomic E-state index is 13.2. The summed E-state index contributed by atoms with van der Waals surface area (Å²) in [6.07, 6.45) is 0.351. The molecule has 9 heteroatoms. The second-order valence-corrected chi connectivity index (χ2v) is 9.61. The normalized spacial score (nSPS) is 19.7. The van der Waals surface area contributed by atoms with Crippen LogP contribution in [0.25, 0.3) is 0 Å². The van der Waals surface area contributed by atoms with Gasteiger partial charge in [0.05, 0.1) is 11.4 Å². The molecule has 1 N–H and O–H groups in total. The molecular weight excluding hydrogens is 414 g/mol. The fourth-order valence-electron chi connectivity index (χ4n) is 3.36. The van der Waals surface area contributed by atoms with Crippen molar-refractivity contribution in [2.75, 3.05) is 14.1 Å². The van der Waals surface area contributed by atoms with Crippen LogP contribution in [-0.4, -0.2) is 43.7 Å². The highest BCUT2D eigenvalue weighted by Crippen LogP contribution is 2.34. The Labute approximate surface area is 175 Å². The Morgan fingerprint density at radius 3 is 2.41 bits per heavy atom. The van der Waals surface area contributed by atoms with Crippen molar-refractivity contribution >= 4 is 33.6 Å². The molecule has 1 aliphatic rings. The molecule has 0 aromatic heterocycles. The molecule has 0 saturated carbocycles. The van der Waals surface area contributed by atoms with Gasteiger partial charge in [-0.25, -0.2) is 17.5 Å². The summed E-state index contributed by atoms with van der Waals surface area (Å²) in [4.78, 5) is 27.1. The summed E-state index contributed by atoms with van der Waals surface area (Å²) >= 11 is 6.08. The number of hydrogen-bond donors (Lipinski definition) is 1. The van der Waals surface area contributed by atoms with Gasteiger partial charge in [0.2, 0.25) is 10.0 Å². The fourth-order valence-corrected chi connectivity index (χ4v) is 4.52. The lowest BCUT2D eigenvalue weighted by Gasteiger charge is -2.26. The zero-order valence-electron chi connectivity index (χ0n) is 16.3. The van der Waals surface area contributed by atoms with Crippen LogP contribution >= 0.6 is 11.6 Å². The SMILES string of the molecule is CC[C@]1(c2cccc(Cl)c2)NC(=O)N(Cc2cccc(S(=O)(=O)N(C)C)c2)C1=O. The van der Waals surface area contributed by atoms with Gasteiger partial charge >= 0.3 is 6.03 Å². The summed E-state index contributed by atoms with van der Waals surface area (Å²) in [5, 5.41) is 3.27. The minimum absolute atomic E-state index is 0.0379. The Morgan fingerprint density at radius 1 is 1.10 bits per heavy atom. The number of carbonyl (C=O) groups excluding carboxylic acids is 2. The van der Waals surface area contributed by atoms with E-state index < -0.39 is 27.5 Å². The van der Waals surface area contributed by atoms with Crippen LogP contribution in [0.4, 0.5) is 4.79 Å². The Bertz CT molecular complexity index is 1070. The molecule has 0 spiro atoms. The highest BCUT2D eigenvalue weighted by atomic mass is 35.5. The zero-order chi connectivity index (χ0) is 21.4. The van der Waals surface area contributed by atoms with Crippen molar-refractivity contribution in [1.29, 1.82) is 0 Å². The third-order valence-electron chi connectivity index (χ3n) is 5.04. The Balaban J connectivity index is 1.94. The topological polar surface area (TPSA) is 86.8 Å². The maximum absolute atomic E-state index is 13.2. The fraction of sp³-hybridized carbons (Fsp3) is 0.300. The largest absolute Gasteiger partial charge is 0.325 e. The predicted octanol–water partition coefficient (Wildman–Crippen LogP) is 2.95. The molecule has 3 amide bonds. The van der Waals surface area contributed by atoms with E-state index in [1.165, 1.54) is 26.2 Å². The molecular formula is C20H22ClN3O4S. The summed E-state index contributed by atoms with van der Waals surface area (Å²) in [6, 6.07) is 12.5. The number of imide groups is 1. The second kappa shape index (κ2) is 7.78. The number of nitrogens with one attached hydrogen (secondary N) is 1. The Hall–Kier alpha value is -2.42. The number of amides is 3. The summed E-state index contributed by atoms with van der Waals surface area (Å²) < 4.78 is 25.9. The third kappa shape index (κ3) is 3.75. The van der Waals surface area contributed by atoms with Crippen molar-refractivity contribution in [2.24, 2.45) is 0 Å². The number of nitrogens with zero attached hydrogens (tertiary/aromatic N) is 2. The first-order chi connectivity index (χ1) is 13.6. The average Bonchev–Trinajstić information content (AvgIpc) is 2.93.